The van der Waals surface area contributed by atoms with Crippen LogP contribution in [0.1, 0.15) is 55.1 Å². The third-order valence-corrected chi connectivity index (χ3v) is 9.45. The first-order chi connectivity index (χ1) is 20.8. The van der Waals surface area contributed by atoms with Gasteiger partial charge in [-0.05, 0) is 96.3 Å². The van der Waals surface area contributed by atoms with Crippen molar-refractivity contribution in [2.45, 2.75) is 64.3 Å². The molecule has 2 fully saturated rings. The van der Waals surface area contributed by atoms with Gasteiger partial charge >= 0.3 is 6.09 Å². The average Bonchev–Trinajstić information content (AvgIpc) is 3.44. The highest BCUT2D eigenvalue weighted by Gasteiger charge is 2.43. The van der Waals surface area contributed by atoms with Crippen LogP contribution in [0.4, 0.5) is 4.79 Å². The Morgan fingerprint density at radius 2 is 1.95 bits per heavy atom. The maximum Gasteiger partial charge on any atom is 0.410 e. The minimum atomic E-state index is -0.662. The molecule has 0 radical (unpaired) electrons. The zero-order chi connectivity index (χ0) is 30.1. The number of imidazole rings is 1. The number of carbonyl (C=O) groups excluding carboxylic acids is 2. The molecule has 3 aromatic rings. The zero-order valence-corrected chi connectivity index (χ0v) is 27.0. The van der Waals surface area contributed by atoms with E-state index in [2.05, 4.69) is 48.6 Å². The van der Waals surface area contributed by atoms with Crippen molar-refractivity contribution in [2.75, 3.05) is 32.7 Å². The molecule has 0 bridgehead atoms. The van der Waals surface area contributed by atoms with Gasteiger partial charge in [0.2, 0.25) is 5.91 Å². The van der Waals surface area contributed by atoms with Crippen molar-refractivity contribution < 1.29 is 14.3 Å². The van der Waals surface area contributed by atoms with Gasteiger partial charge in [-0.15, -0.1) is 0 Å². The monoisotopic (exact) mass is 668 g/mol. The summed E-state index contributed by atoms with van der Waals surface area (Å²) in [6, 6.07) is 7.41. The maximum absolute atomic E-state index is 14.4. The van der Waals surface area contributed by atoms with Gasteiger partial charge in [0.1, 0.15) is 6.04 Å². The van der Waals surface area contributed by atoms with Crippen LogP contribution in [0, 0.1) is 5.92 Å². The average molecular weight is 670 g/mol. The van der Waals surface area contributed by atoms with E-state index in [4.69, 9.17) is 21.3 Å². The molecule has 0 N–H and O–H groups in total. The fourth-order valence-corrected chi connectivity index (χ4v) is 7.41. The summed E-state index contributed by atoms with van der Waals surface area (Å²) in [7, 11) is 0. The first-order valence-electron chi connectivity index (χ1n) is 15.1. The summed E-state index contributed by atoms with van der Waals surface area (Å²) in [6.45, 7) is 7.20. The van der Waals surface area contributed by atoms with E-state index in [0.29, 0.717) is 43.7 Å². The van der Waals surface area contributed by atoms with Crippen molar-refractivity contribution in [1.82, 2.24) is 29.2 Å². The van der Waals surface area contributed by atoms with Crippen molar-refractivity contribution in [3.8, 4) is 0 Å². The molecule has 228 valence electrons. The summed E-state index contributed by atoms with van der Waals surface area (Å²) in [5, 5.41) is 0.710. The van der Waals surface area contributed by atoms with Gasteiger partial charge in [0.15, 0.2) is 0 Å². The molecular weight excluding hydrogens is 632 g/mol. The Kier molecular flexibility index (Phi) is 9.07. The number of likely N-dealkylation sites (tertiary alicyclic amines) is 1. The maximum atomic E-state index is 14.4. The molecule has 2 saturated heterocycles. The summed E-state index contributed by atoms with van der Waals surface area (Å²) >= 11 is 10.1. The second-order valence-corrected chi connectivity index (χ2v) is 13.5. The Bertz CT molecular complexity index is 1410. The van der Waals surface area contributed by atoms with E-state index in [1.807, 2.05) is 43.5 Å². The Labute approximate surface area is 266 Å². The number of ether oxygens (including phenoxy) is 1. The molecule has 4 heterocycles. The molecule has 2 aliphatic heterocycles. The number of benzene rings is 1. The normalized spacial score (nSPS) is 22.6. The molecule has 1 aromatic carbocycles. The highest BCUT2D eigenvalue weighted by atomic mass is 79.9. The van der Waals surface area contributed by atoms with Gasteiger partial charge in [-0.2, -0.15) is 0 Å². The zero-order valence-electron chi connectivity index (χ0n) is 24.7. The smallest absolute Gasteiger partial charge is 0.410 e. The molecule has 1 unspecified atom stereocenters. The SMILES string of the molecule is CC(C)OC(=O)N1CCN(C2c3ccc(Cl)cc3CCc3cc(Br)cnc32)C[C@@H]1C(=O)N1CCC[C@H](Cn2ccnc2)C1. The minimum absolute atomic E-state index is 0.0188. The number of pyridine rings is 1. The standard InChI is InChI=1S/C32H38BrClN6O3/c1-21(2)43-32(42)40-13-12-38(19-28(40)31(41)39-10-3-4-22(18-39)17-37-11-9-35-20-37)30-27-8-7-26(34)15-23(27)5-6-24-14-25(33)16-36-29(24)30/h7-9,11,14-16,20-22,28,30H,3-6,10,12-13,17-19H2,1-2H3/t22-,28-,30?/m1/s1. The number of halogens is 2. The predicted molar refractivity (Wildman–Crippen MR) is 168 cm³/mol. The molecule has 0 spiro atoms. The number of fused-ring (bicyclic) bond motifs is 2. The minimum Gasteiger partial charge on any atom is -0.447 e. The largest absolute Gasteiger partial charge is 0.447 e. The van der Waals surface area contributed by atoms with Crippen LogP contribution in [0.5, 0.6) is 0 Å². The van der Waals surface area contributed by atoms with Gasteiger partial charge in [-0.3, -0.25) is 19.6 Å². The van der Waals surface area contributed by atoms with Crippen molar-refractivity contribution in [2.24, 2.45) is 5.92 Å². The Morgan fingerprint density at radius 3 is 2.74 bits per heavy atom. The van der Waals surface area contributed by atoms with Crippen LogP contribution in [-0.2, 0) is 28.9 Å². The van der Waals surface area contributed by atoms with E-state index in [9.17, 15) is 9.59 Å². The number of piperazine rings is 1. The van der Waals surface area contributed by atoms with Gasteiger partial charge in [0, 0.05) is 67.4 Å². The first-order valence-corrected chi connectivity index (χ1v) is 16.3. The number of piperidine rings is 1. The van der Waals surface area contributed by atoms with Crippen LogP contribution >= 0.6 is 27.5 Å². The van der Waals surface area contributed by atoms with E-state index >= 15 is 0 Å². The molecule has 43 heavy (non-hydrogen) atoms. The van der Waals surface area contributed by atoms with Crippen LogP contribution in [-0.4, -0.2) is 86.1 Å². The first kappa shape index (κ1) is 30.1. The van der Waals surface area contributed by atoms with Gasteiger partial charge < -0.3 is 14.2 Å². The van der Waals surface area contributed by atoms with E-state index in [1.165, 1.54) is 11.1 Å². The lowest BCUT2D eigenvalue weighted by molar-refractivity contribution is -0.141. The summed E-state index contributed by atoms with van der Waals surface area (Å²) in [4.78, 5) is 42.8. The van der Waals surface area contributed by atoms with Crippen molar-refractivity contribution in [1.29, 1.82) is 0 Å². The molecule has 2 amide bonds. The molecular formula is C32H38BrClN6O3. The quantitative estimate of drug-likeness (QED) is 0.364. The molecule has 6 rings (SSSR count). The molecule has 3 atom stereocenters. The van der Waals surface area contributed by atoms with Gasteiger partial charge in [-0.1, -0.05) is 17.7 Å². The number of hydrogen-bond donors (Lipinski definition) is 0. The third kappa shape index (κ3) is 6.61. The molecule has 2 aromatic heterocycles. The van der Waals surface area contributed by atoms with Gasteiger partial charge in [-0.25, -0.2) is 9.78 Å². The number of carbonyl (C=O) groups is 2. The number of rotatable bonds is 5. The number of nitrogens with zero attached hydrogens (tertiary/aromatic N) is 6. The molecule has 1 aliphatic carbocycles. The lowest BCUT2D eigenvalue weighted by atomic mass is 9.94. The highest BCUT2D eigenvalue weighted by Crippen LogP contribution is 2.39. The topological polar surface area (TPSA) is 83.8 Å². The number of aromatic nitrogens is 3. The number of amides is 2. The van der Waals surface area contributed by atoms with Crippen molar-refractivity contribution >= 4 is 39.5 Å². The molecule has 0 saturated carbocycles. The molecule has 3 aliphatic rings. The van der Waals surface area contributed by atoms with E-state index < -0.39 is 12.1 Å². The number of aryl methyl sites for hydroxylation is 2. The van der Waals surface area contributed by atoms with E-state index in [1.54, 1.807) is 11.1 Å². The summed E-state index contributed by atoms with van der Waals surface area (Å²) in [5.74, 6) is 0.311. The summed E-state index contributed by atoms with van der Waals surface area (Å²) in [6.07, 6.45) is 10.4. The summed E-state index contributed by atoms with van der Waals surface area (Å²) < 4.78 is 8.66. The van der Waals surface area contributed by atoms with Crippen LogP contribution in [0.2, 0.25) is 5.02 Å². The second kappa shape index (κ2) is 13.0. The molecule has 9 nitrogen and oxygen atoms in total. The Balaban J connectivity index is 1.32. The fourth-order valence-electron chi connectivity index (χ4n) is 6.84. The van der Waals surface area contributed by atoms with Crippen LogP contribution in [0.15, 0.2) is 53.7 Å². The van der Waals surface area contributed by atoms with Crippen LogP contribution in [0.25, 0.3) is 0 Å². The van der Waals surface area contributed by atoms with Gasteiger partial charge in [0.05, 0.1) is 24.2 Å². The lowest BCUT2D eigenvalue weighted by Gasteiger charge is -2.45. The molecule has 11 heteroatoms. The predicted octanol–water partition coefficient (Wildman–Crippen LogP) is 5.35. The van der Waals surface area contributed by atoms with E-state index in [-0.39, 0.29) is 18.1 Å². The Morgan fingerprint density at radius 1 is 1.12 bits per heavy atom. The van der Waals surface area contributed by atoms with Crippen molar-refractivity contribution in [3.63, 3.8) is 0 Å². The fraction of sp³-hybridized carbons (Fsp3) is 0.500. The lowest BCUT2D eigenvalue weighted by Crippen LogP contribution is -2.62. The highest BCUT2D eigenvalue weighted by molar-refractivity contribution is 9.10. The van der Waals surface area contributed by atoms with E-state index in [0.717, 1.165) is 48.0 Å². The third-order valence-electron chi connectivity index (χ3n) is 8.78. The number of hydrogen-bond acceptors (Lipinski definition) is 6. The van der Waals surface area contributed by atoms with Crippen LogP contribution in [0.3, 0.4) is 0 Å². The van der Waals surface area contributed by atoms with Crippen molar-refractivity contribution in [3.05, 3.63) is 81.1 Å². The second-order valence-electron chi connectivity index (χ2n) is 12.1. The Hall–Kier alpha value is -2.95. The van der Waals surface area contributed by atoms with Crippen LogP contribution < -0.4 is 0 Å². The summed E-state index contributed by atoms with van der Waals surface area (Å²) in [5.41, 5.74) is 4.51. The van der Waals surface area contributed by atoms with Gasteiger partial charge in [0.25, 0.3) is 0 Å².